The lowest BCUT2D eigenvalue weighted by molar-refractivity contribution is -0.129. The lowest BCUT2D eigenvalue weighted by Crippen LogP contribution is -2.33. The summed E-state index contributed by atoms with van der Waals surface area (Å²) in [5.74, 6) is -0.233. The lowest BCUT2D eigenvalue weighted by Gasteiger charge is -2.15. The first-order valence-electron chi connectivity index (χ1n) is 6.22. The maximum atomic E-state index is 11.3. The molecule has 0 spiro atoms. The fourth-order valence-electron chi connectivity index (χ4n) is 1.50. The molecule has 0 fully saturated rings. The predicted molar refractivity (Wildman–Crippen MR) is 66.3 cm³/mol. The molecule has 0 saturated heterocycles. The van der Waals surface area contributed by atoms with E-state index >= 15 is 0 Å². The van der Waals surface area contributed by atoms with Crippen molar-refractivity contribution < 1.29 is 14.3 Å². The fraction of sp³-hybridized carbons (Fsp3) is 0.833. The van der Waals surface area contributed by atoms with Gasteiger partial charge in [-0.3, -0.25) is 9.59 Å². The molecule has 0 aromatic carbocycles. The summed E-state index contributed by atoms with van der Waals surface area (Å²) in [6, 6.07) is 0. The van der Waals surface area contributed by atoms with Gasteiger partial charge in [-0.25, -0.2) is 0 Å². The van der Waals surface area contributed by atoms with Crippen molar-refractivity contribution in [3.05, 3.63) is 0 Å². The molecule has 3 N–H and O–H groups in total. The topological polar surface area (TPSA) is 81.4 Å². The van der Waals surface area contributed by atoms with Crippen LogP contribution in [0.25, 0.3) is 0 Å². The Morgan fingerprint density at radius 3 is 2.53 bits per heavy atom. The Morgan fingerprint density at radius 2 is 2.00 bits per heavy atom. The number of unbranched alkanes of at least 4 members (excludes halogenated alkanes) is 1. The van der Waals surface area contributed by atoms with Crippen LogP contribution >= 0.6 is 0 Å². The summed E-state index contributed by atoms with van der Waals surface area (Å²) in [4.78, 5) is 21.7. The van der Waals surface area contributed by atoms with Crippen molar-refractivity contribution >= 4 is 11.8 Å². The highest BCUT2D eigenvalue weighted by molar-refractivity contribution is 5.78. The summed E-state index contributed by atoms with van der Waals surface area (Å²) in [5.41, 5.74) is 4.88. The summed E-state index contributed by atoms with van der Waals surface area (Å²) in [5, 5.41) is 2.80. The van der Waals surface area contributed by atoms with Crippen LogP contribution in [0.1, 0.15) is 39.5 Å². The number of nitrogens with two attached hydrogens (primary N) is 1. The molecule has 0 aromatic rings. The predicted octanol–water partition coefficient (Wildman–Crippen LogP) is 0.821. The van der Waals surface area contributed by atoms with E-state index in [0.29, 0.717) is 12.5 Å². The van der Waals surface area contributed by atoms with Gasteiger partial charge in [-0.2, -0.15) is 0 Å². The van der Waals surface area contributed by atoms with Crippen molar-refractivity contribution in [2.45, 2.75) is 39.5 Å². The van der Waals surface area contributed by atoms with Crippen molar-refractivity contribution in [3.8, 4) is 0 Å². The van der Waals surface area contributed by atoms with Gasteiger partial charge in [-0.15, -0.1) is 0 Å². The van der Waals surface area contributed by atoms with Crippen LogP contribution in [0.5, 0.6) is 0 Å². The summed E-state index contributed by atoms with van der Waals surface area (Å²) in [6.07, 6.45) is 4.55. The smallest absolute Gasteiger partial charge is 0.246 e. The van der Waals surface area contributed by atoms with Gasteiger partial charge in [0.25, 0.3) is 0 Å². The van der Waals surface area contributed by atoms with Crippen molar-refractivity contribution in [3.63, 3.8) is 0 Å². The van der Waals surface area contributed by atoms with E-state index < -0.39 is 5.91 Å². The van der Waals surface area contributed by atoms with E-state index in [1.54, 1.807) is 0 Å². The van der Waals surface area contributed by atoms with Gasteiger partial charge in [-0.1, -0.05) is 33.1 Å². The molecule has 0 aliphatic carbocycles. The maximum Gasteiger partial charge on any atom is 0.246 e. The largest absolute Gasteiger partial charge is 0.368 e. The minimum atomic E-state index is -0.563. The number of ether oxygens (including phenoxy) is 1. The fourth-order valence-corrected chi connectivity index (χ4v) is 1.50. The molecule has 0 aromatic heterocycles. The van der Waals surface area contributed by atoms with E-state index in [4.69, 9.17) is 10.5 Å². The van der Waals surface area contributed by atoms with Crippen molar-refractivity contribution in [2.75, 3.05) is 19.8 Å². The second-order valence-electron chi connectivity index (χ2n) is 4.18. The number of hydrogen-bond acceptors (Lipinski definition) is 3. The van der Waals surface area contributed by atoms with Gasteiger partial charge in [0, 0.05) is 6.54 Å². The van der Waals surface area contributed by atoms with Crippen LogP contribution in [-0.4, -0.2) is 31.6 Å². The molecule has 1 atom stereocenters. The van der Waals surface area contributed by atoms with Crippen LogP contribution < -0.4 is 11.1 Å². The maximum absolute atomic E-state index is 11.3. The van der Waals surface area contributed by atoms with Gasteiger partial charge < -0.3 is 15.8 Å². The van der Waals surface area contributed by atoms with E-state index in [0.717, 1.165) is 12.8 Å². The van der Waals surface area contributed by atoms with Crippen LogP contribution in [0.3, 0.4) is 0 Å². The average Bonchev–Trinajstić information content (AvgIpc) is 2.29. The quantitative estimate of drug-likeness (QED) is 0.597. The molecule has 0 heterocycles. The molecule has 17 heavy (non-hydrogen) atoms. The van der Waals surface area contributed by atoms with Crippen molar-refractivity contribution in [1.82, 2.24) is 5.32 Å². The second kappa shape index (κ2) is 10.1. The molecule has 0 aliphatic rings. The Balaban J connectivity index is 3.62. The third-order valence-electron chi connectivity index (χ3n) is 2.61. The Hall–Kier alpha value is -1.10. The van der Waals surface area contributed by atoms with Gasteiger partial charge in [0.1, 0.15) is 13.2 Å². The van der Waals surface area contributed by atoms with E-state index in [9.17, 15) is 9.59 Å². The Bertz CT molecular complexity index is 232. The van der Waals surface area contributed by atoms with Crippen LogP contribution in [0.4, 0.5) is 0 Å². The lowest BCUT2D eigenvalue weighted by atomic mass is 9.99. The minimum absolute atomic E-state index is 0.104. The highest BCUT2D eigenvalue weighted by atomic mass is 16.5. The highest BCUT2D eigenvalue weighted by Gasteiger charge is 2.08. The number of carbonyl (C=O) groups is 2. The van der Waals surface area contributed by atoms with Crippen molar-refractivity contribution in [1.29, 1.82) is 0 Å². The summed E-state index contributed by atoms with van der Waals surface area (Å²) < 4.78 is 4.82. The average molecular weight is 244 g/mol. The first-order valence-corrected chi connectivity index (χ1v) is 6.22. The molecule has 5 nitrogen and oxygen atoms in total. The molecule has 0 rings (SSSR count). The van der Waals surface area contributed by atoms with Gasteiger partial charge in [0.05, 0.1) is 0 Å². The number of carbonyl (C=O) groups excluding carboxylic acids is 2. The zero-order valence-corrected chi connectivity index (χ0v) is 10.8. The monoisotopic (exact) mass is 244 g/mol. The number of nitrogens with one attached hydrogen (secondary N) is 1. The Morgan fingerprint density at radius 1 is 1.29 bits per heavy atom. The first kappa shape index (κ1) is 15.9. The van der Waals surface area contributed by atoms with E-state index in [1.807, 2.05) is 0 Å². The second-order valence-corrected chi connectivity index (χ2v) is 4.18. The molecule has 0 radical (unpaired) electrons. The van der Waals surface area contributed by atoms with E-state index in [-0.39, 0.29) is 19.1 Å². The van der Waals surface area contributed by atoms with Gasteiger partial charge >= 0.3 is 0 Å². The molecule has 0 aliphatic heterocycles. The van der Waals surface area contributed by atoms with Crippen LogP contribution in [0.15, 0.2) is 0 Å². The zero-order chi connectivity index (χ0) is 13.1. The minimum Gasteiger partial charge on any atom is -0.368 e. The third kappa shape index (κ3) is 9.81. The molecule has 5 heteroatoms. The van der Waals surface area contributed by atoms with Gasteiger partial charge in [0.2, 0.25) is 11.8 Å². The number of primary amides is 1. The van der Waals surface area contributed by atoms with Crippen LogP contribution in [-0.2, 0) is 14.3 Å². The molecule has 0 saturated carbocycles. The number of hydrogen-bond donors (Lipinski definition) is 2. The van der Waals surface area contributed by atoms with Crippen LogP contribution in [0, 0.1) is 5.92 Å². The first-order chi connectivity index (χ1) is 8.10. The highest BCUT2D eigenvalue weighted by Crippen LogP contribution is 2.10. The molecule has 2 amide bonds. The number of amides is 2. The molecule has 0 bridgehead atoms. The van der Waals surface area contributed by atoms with E-state index in [2.05, 4.69) is 19.2 Å². The summed E-state index contributed by atoms with van der Waals surface area (Å²) in [7, 11) is 0. The van der Waals surface area contributed by atoms with E-state index in [1.165, 1.54) is 12.8 Å². The van der Waals surface area contributed by atoms with Crippen molar-refractivity contribution in [2.24, 2.45) is 11.7 Å². The van der Waals surface area contributed by atoms with Gasteiger partial charge in [0.15, 0.2) is 0 Å². The standard InChI is InChI=1S/C12H24N2O3/c1-3-5-6-10(4-2)7-14-12(16)9-17-8-11(13)15/h10H,3-9H2,1-2H3,(H2,13,15)(H,14,16). The summed E-state index contributed by atoms with van der Waals surface area (Å²) in [6.45, 7) is 4.64. The Kier molecular flexibility index (Phi) is 9.43. The Labute approximate surface area is 103 Å². The molecule has 100 valence electrons. The molecular formula is C12H24N2O3. The SMILES string of the molecule is CCCCC(CC)CNC(=O)COCC(N)=O. The number of rotatable bonds is 10. The third-order valence-corrected chi connectivity index (χ3v) is 2.61. The normalized spacial score (nSPS) is 12.1. The van der Waals surface area contributed by atoms with Gasteiger partial charge in [-0.05, 0) is 12.3 Å². The molecular weight excluding hydrogens is 220 g/mol. The zero-order valence-electron chi connectivity index (χ0n) is 10.8. The summed E-state index contributed by atoms with van der Waals surface area (Å²) >= 11 is 0. The van der Waals surface area contributed by atoms with Crippen LogP contribution in [0.2, 0.25) is 0 Å². The molecule has 1 unspecified atom stereocenters.